The molecule has 3 nitrogen and oxygen atoms in total. The van der Waals surface area contributed by atoms with Gasteiger partial charge in [-0.15, -0.1) is 11.3 Å². The molecule has 24 heavy (non-hydrogen) atoms. The van der Waals surface area contributed by atoms with Crippen LogP contribution in [-0.2, 0) is 19.1 Å². The van der Waals surface area contributed by atoms with E-state index in [9.17, 15) is 17.6 Å². The molecule has 0 fully saturated rings. The Morgan fingerprint density at radius 2 is 2.00 bits per heavy atom. The summed E-state index contributed by atoms with van der Waals surface area (Å²) in [6.07, 6.45) is -3.81. The fraction of sp³-hybridized carbons (Fsp3) is 0.312. The van der Waals surface area contributed by atoms with Crippen LogP contribution in [0.1, 0.15) is 16.0 Å². The number of hydrogen-bond donors (Lipinski definition) is 2. The van der Waals surface area contributed by atoms with Crippen molar-refractivity contribution in [2.75, 3.05) is 13.6 Å². The summed E-state index contributed by atoms with van der Waals surface area (Å²) in [6, 6.07) is 6.62. The molecule has 0 aliphatic carbocycles. The van der Waals surface area contributed by atoms with E-state index in [0.29, 0.717) is 18.6 Å². The average Bonchev–Trinajstić information content (AvgIpc) is 3.04. The molecule has 2 aromatic rings. The lowest BCUT2D eigenvalue weighted by molar-refractivity contribution is -0.138. The van der Waals surface area contributed by atoms with E-state index >= 15 is 0 Å². The van der Waals surface area contributed by atoms with Crippen LogP contribution < -0.4 is 10.6 Å². The summed E-state index contributed by atoms with van der Waals surface area (Å²) in [4.78, 5) is 5.18. The first-order valence-corrected chi connectivity index (χ1v) is 8.10. The predicted molar refractivity (Wildman–Crippen MR) is 87.6 cm³/mol. The molecule has 1 heterocycles. The van der Waals surface area contributed by atoms with Crippen LogP contribution in [0.5, 0.6) is 0 Å². The SMILES string of the molecule is CN=C(NCCc1cccs1)NCc1ccc(F)cc1C(F)(F)F. The molecule has 0 unspecified atom stereocenters. The highest BCUT2D eigenvalue weighted by atomic mass is 32.1. The first-order valence-electron chi connectivity index (χ1n) is 7.22. The van der Waals surface area contributed by atoms with Gasteiger partial charge in [-0.05, 0) is 35.6 Å². The minimum atomic E-state index is -4.60. The number of alkyl halides is 3. The number of rotatable bonds is 5. The highest BCUT2D eigenvalue weighted by Gasteiger charge is 2.33. The first kappa shape index (κ1) is 18.3. The Bertz CT molecular complexity index is 681. The Balaban J connectivity index is 1.93. The number of hydrogen-bond acceptors (Lipinski definition) is 2. The Hall–Kier alpha value is -2.09. The highest BCUT2D eigenvalue weighted by Crippen LogP contribution is 2.32. The summed E-state index contributed by atoms with van der Waals surface area (Å²) in [5.74, 6) is -0.520. The Morgan fingerprint density at radius 3 is 2.62 bits per heavy atom. The van der Waals surface area contributed by atoms with Gasteiger partial charge in [-0.2, -0.15) is 13.2 Å². The number of nitrogens with one attached hydrogen (secondary N) is 2. The normalized spacial score (nSPS) is 12.3. The van der Waals surface area contributed by atoms with Crippen molar-refractivity contribution < 1.29 is 17.6 Å². The van der Waals surface area contributed by atoms with Crippen molar-refractivity contribution in [1.82, 2.24) is 10.6 Å². The summed E-state index contributed by atoms with van der Waals surface area (Å²) in [7, 11) is 1.54. The largest absolute Gasteiger partial charge is 0.416 e. The van der Waals surface area contributed by atoms with Crippen LogP contribution in [0.3, 0.4) is 0 Å². The maximum atomic E-state index is 13.1. The molecular formula is C16H17F4N3S. The van der Waals surface area contributed by atoms with Gasteiger partial charge >= 0.3 is 6.18 Å². The van der Waals surface area contributed by atoms with E-state index in [1.807, 2.05) is 17.5 Å². The number of benzene rings is 1. The van der Waals surface area contributed by atoms with Gasteiger partial charge in [0.05, 0.1) is 5.56 Å². The molecule has 0 spiro atoms. The van der Waals surface area contributed by atoms with Gasteiger partial charge in [0.1, 0.15) is 5.82 Å². The third kappa shape index (κ3) is 5.23. The lowest BCUT2D eigenvalue weighted by atomic mass is 10.1. The summed E-state index contributed by atoms with van der Waals surface area (Å²) in [6.45, 7) is 0.504. The maximum Gasteiger partial charge on any atom is 0.416 e. The third-order valence-corrected chi connectivity index (χ3v) is 4.23. The van der Waals surface area contributed by atoms with E-state index in [4.69, 9.17) is 0 Å². The monoisotopic (exact) mass is 359 g/mol. The molecule has 0 atom stereocenters. The molecular weight excluding hydrogens is 342 g/mol. The molecule has 1 aromatic carbocycles. The number of guanidine groups is 1. The Morgan fingerprint density at radius 1 is 1.21 bits per heavy atom. The van der Waals surface area contributed by atoms with Gasteiger partial charge in [-0.1, -0.05) is 12.1 Å². The van der Waals surface area contributed by atoms with Gasteiger partial charge in [0.2, 0.25) is 0 Å². The van der Waals surface area contributed by atoms with Crippen molar-refractivity contribution in [3.63, 3.8) is 0 Å². The molecule has 2 N–H and O–H groups in total. The fourth-order valence-electron chi connectivity index (χ4n) is 2.13. The average molecular weight is 359 g/mol. The van der Waals surface area contributed by atoms with E-state index in [-0.39, 0.29) is 12.1 Å². The standard InChI is InChI=1S/C16H17F4N3S/c1-21-15(22-7-6-13-3-2-8-24-13)23-10-11-4-5-12(17)9-14(11)16(18,19)20/h2-5,8-9H,6-7,10H2,1H3,(H2,21,22,23). The van der Waals surface area contributed by atoms with Crippen molar-refractivity contribution in [3.05, 3.63) is 57.5 Å². The fourth-order valence-corrected chi connectivity index (χ4v) is 2.83. The van der Waals surface area contributed by atoms with Crippen LogP contribution >= 0.6 is 11.3 Å². The number of halogens is 4. The smallest absolute Gasteiger partial charge is 0.356 e. The van der Waals surface area contributed by atoms with Crippen molar-refractivity contribution in [2.45, 2.75) is 19.1 Å². The second-order valence-corrected chi connectivity index (χ2v) is 6.01. The van der Waals surface area contributed by atoms with Crippen molar-refractivity contribution in [1.29, 1.82) is 0 Å². The number of nitrogens with zero attached hydrogens (tertiary/aromatic N) is 1. The molecule has 8 heteroatoms. The molecule has 0 saturated heterocycles. The summed E-state index contributed by atoms with van der Waals surface area (Å²) in [5, 5.41) is 7.84. The Labute approximate surface area is 141 Å². The molecule has 0 amide bonds. The van der Waals surface area contributed by atoms with E-state index in [2.05, 4.69) is 15.6 Å². The van der Waals surface area contributed by atoms with Gasteiger partial charge in [0.15, 0.2) is 5.96 Å². The predicted octanol–water partition coefficient (Wildman–Crippen LogP) is 3.81. The highest BCUT2D eigenvalue weighted by molar-refractivity contribution is 7.09. The van der Waals surface area contributed by atoms with Crippen LogP contribution in [0.4, 0.5) is 17.6 Å². The van der Waals surface area contributed by atoms with Crippen molar-refractivity contribution >= 4 is 17.3 Å². The molecule has 2 rings (SSSR count). The van der Waals surface area contributed by atoms with Gasteiger partial charge < -0.3 is 10.6 Å². The topological polar surface area (TPSA) is 36.4 Å². The van der Waals surface area contributed by atoms with Crippen LogP contribution in [0.2, 0.25) is 0 Å². The second-order valence-electron chi connectivity index (χ2n) is 4.98. The first-order chi connectivity index (χ1) is 11.4. The molecule has 1 aromatic heterocycles. The quantitative estimate of drug-likeness (QED) is 0.484. The zero-order chi connectivity index (χ0) is 17.6. The lowest BCUT2D eigenvalue weighted by Gasteiger charge is -2.15. The molecule has 0 radical (unpaired) electrons. The van der Waals surface area contributed by atoms with E-state index in [0.717, 1.165) is 18.6 Å². The zero-order valence-electron chi connectivity index (χ0n) is 13.0. The van der Waals surface area contributed by atoms with Gasteiger partial charge in [-0.25, -0.2) is 4.39 Å². The maximum absolute atomic E-state index is 13.1. The minimum Gasteiger partial charge on any atom is -0.356 e. The molecule has 130 valence electrons. The van der Waals surface area contributed by atoms with Crippen LogP contribution in [0, 0.1) is 5.82 Å². The Kier molecular flexibility index (Phi) is 6.19. The van der Waals surface area contributed by atoms with Crippen LogP contribution in [0.15, 0.2) is 40.7 Å². The molecule has 0 saturated carbocycles. The minimum absolute atomic E-state index is 0.0369. The summed E-state index contributed by atoms with van der Waals surface area (Å²) >= 11 is 1.64. The van der Waals surface area contributed by atoms with E-state index in [1.165, 1.54) is 11.9 Å². The van der Waals surface area contributed by atoms with Gasteiger partial charge in [0.25, 0.3) is 0 Å². The second kappa shape index (κ2) is 8.14. The molecule has 0 aliphatic heterocycles. The lowest BCUT2D eigenvalue weighted by Crippen LogP contribution is -2.38. The van der Waals surface area contributed by atoms with E-state index < -0.39 is 17.6 Å². The third-order valence-electron chi connectivity index (χ3n) is 3.29. The summed E-state index contributed by atoms with van der Waals surface area (Å²) in [5.41, 5.74) is -1.02. The molecule has 0 aliphatic rings. The van der Waals surface area contributed by atoms with Gasteiger partial charge in [0, 0.05) is 25.0 Å². The number of thiophene rings is 1. The van der Waals surface area contributed by atoms with Crippen LogP contribution in [0.25, 0.3) is 0 Å². The van der Waals surface area contributed by atoms with Crippen molar-refractivity contribution in [3.8, 4) is 0 Å². The number of aliphatic imine (C=N–C) groups is 1. The molecule has 0 bridgehead atoms. The van der Waals surface area contributed by atoms with Crippen molar-refractivity contribution in [2.24, 2.45) is 4.99 Å². The van der Waals surface area contributed by atoms with Crippen LogP contribution in [-0.4, -0.2) is 19.6 Å². The zero-order valence-corrected chi connectivity index (χ0v) is 13.8. The van der Waals surface area contributed by atoms with E-state index in [1.54, 1.807) is 11.3 Å². The summed E-state index contributed by atoms with van der Waals surface area (Å²) < 4.78 is 52.0. The van der Waals surface area contributed by atoms with Gasteiger partial charge in [-0.3, -0.25) is 4.99 Å².